The van der Waals surface area contributed by atoms with Crippen LogP contribution >= 0.6 is 0 Å². The molecule has 1 aliphatic heterocycles. The Kier molecular flexibility index (Phi) is 6.82. The average Bonchev–Trinajstić information content (AvgIpc) is 3.22. The van der Waals surface area contributed by atoms with Crippen LogP contribution < -0.4 is 19.5 Å². The maximum Gasteiger partial charge on any atom is 0.162 e. The molecule has 0 amide bonds. The first kappa shape index (κ1) is 21.3. The monoisotopic (exact) mass is 420 g/mol. The van der Waals surface area contributed by atoms with Crippen molar-refractivity contribution in [3.63, 3.8) is 0 Å². The summed E-state index contributed by atoms with van der Waals surface area (Å²) in [5.74, 6) is 2.83. The Bertz CT molecular complexity index is 1040. The Morgan fingerprint density at radius 2 is 1.81 bits per heavy atom. The minimum atomic E-state index is 0.383. The quantitative estimate of drug-likeness (QED) is 0.368. The maximum absolute atomic E-state index is 5.48. The zero-order chi connectivity index (χ0) is 21.6. The summed E-state index contributed by atoms with van der Waals surface area (Å²) in [5.41, 5.74) is 3.73. The van der Waals surface area contributed by atoms with E-state index in [1.807, 2.05) is 12.1 Å². The van der Waals surface area contributed by atoms with Gasteiger partial charge in [0, 0.05) is 41.7 Å². The zero-order valence-electron chi connectivity index (χ0n) is 18.6. The Hall–Kier alpha value is -2.92. The summed E-state index contributed by atoms with van der Waals surface area (Å²) < 4.78 is 16.3. The highest BCUT2D eigenvalue weighted by atomic mass is 16.5. The molecule has 2 heterocycles. The molecule has 1 aliphatic rings. The second kappa shape index (κ2) is 9.92. The molecule has 0 radical (unpaired) electrons. The molecule has 2 atom stereocenters. The molecule has 5 nitrogen and oxygen atoms in total. The number of aryl methyl sites for hydroxylation is 1. The Labute approximate surface area is 184 Å². The van der Waals surface area contributed by atoms with Gasteiger partial charge in [-0.05, 0) is 48.6 Å². The van der Waals surface area contributed by atoms with Crippen molar-refractivity contribution in [2.45, 2.75) is 37.6 Å². The standard InChI is InChI=1S/C26H32N2O3/c1-29-20-10-6-9-18(14-20)21-11-7-13-27-23(21)12-5-4-8-19-17-28-24-16-26(31-3)25(30-2)15-22(19)24/h6-7,9-11,14-17,21,23,27-28H,4-5,8,12-13H2,1-3H3. The predicted octanol–water partition coefficient (Wildman–Crippen LogP) is 5.22. The minimum absolute atomic E-state index is 0.383. The molecule has 5 heteroatoms. The van der Waals surface area contributed by atoms with Gasteiger partial charge in [0.15, 0.2) is 11.5 Å². The zero-order valence-corrected chi connectivity index (χ0v) is 18.6. The number of rotatable bonds is 9. The van der Waals surface area contributed by atoms with E-state index in [1.165, 1.54) is 22.9 Å². The van der Waals surface area contributed by atoms with E-state index < -0.39 is 0 Å². The van der Waals surface area contributed by atoms with E-state index in [0.29, 0.717) is 12.0 Å². The highest BCUT2D eigenvalue weighted by molar-refractivity contribution is 5.86. The Morgan fingerprint density at radius 1 is 0.968 bits per heavy atom. The lowest BCUT2D eigenvalue weighted by Gasteiger charge is -2.29. The molecule has 0 saturated carbocycles. The van der Waals surface area contributed by atoms with Gasteiger partial charge in [-0.1, -0.05) is 30.7 Å². The number of H-pyrrole nitrogens is 1. The summed E-state index contributed by atoms with van der Waals surface area (Å²) in [4.78, 5) is 3.37. The van der Waals surface area contributed by atoms with Gasteiger partial charge in [-0.3, -0.25) is 0 Å². The van der Waals surface area contributed by atoms with Gasteiger partial charge in [0.25, 0.3) is 0 Å². The number of methoxy groups -OCH3 is 3. The second-order valence-electron chi connectivity index (χ2n) is 8.06. The maximum atomic E-state index is 5.48. The molecule has 2 unspecified atom stereocenters. The fourth-order valence-electron chi connectivity index (χ4n) is 4.56. The van der Waals surface area contributed by atoms with Gasteiger partial charge in [0.05, 0.1) is 21.3 Å². The number of ether oxygens (including phenoxy) is 3. The summed E-state index contributed by atoms with van der Waals surface area (Å²) in [5, 5.41) is 4.91. The number of hydrogen-bond acceptors (Lipinski definition) is 4. The first-order valence-electron chi connectivity index (χ1n) is 11.0. The van der Waals surface area contributed by atoms with Crippen LogP contribution in [0.15, 0.2) is 54.7 Å². The highest BCUT2D eigenvalue weighted by Gasteiger charge is 2.23. The molecule has 0 bridgehead atoms. The number of aromatic amines is 1. The summed E-state index contributed by atoms with van der Waals surface area (Å²) in [6.07, 6.45) is 11.2. The van der Waals surface area contributed by atoms with E-state index in [1.54, 1.807) is 21.3 Å². The number of unbranched alkanes of at least 4 members (excludes halogenated alkanes) is 1. The molecule has 2 aromatic carbocycles. The van der Waals surface area contributed by atoms with Gasteiger partial charge >= 0.3 is 0 Å². The lowest BCUT2D eigenvalue weighted by atomic mass is 9.86. The van der Waals surface area contributed by atoms with Gasteiger partial charge in [-0.25, -0.2) is 0 Å². The average molecular weight is 421 g/mol. The van der Waals surface area contributed by atoms with Crippen molar-refractivity contribution >= 4 is 10.9 Å². The Balaban J connectivity index is 1.38. The van der Waals surface area contributed by atoms with Crippen LogP contribution in [-0.2, 0) is 6.42 Å². The fraction of sp³-hybridized carbons (Fsp3) is 0.385. The largest absolute Gasteiger partial charge is 0.497 e. The van der Waals surface area contributed by atoms with Crippen LogP contribution in [0.4, 0.5) is 0 Å². The van der Waals surface area contributed by atoms with Crippen LogP contribution in [0, 0.1) is 0 Å². The third-order valence-electron chi connectivity index (χ3n) is 6.24. The first-order valence-corrected chi connectivity index (χ1v) is 11.0. The molecular weight excluding hydrogens is 388 g/mol. The third kappa shape index (κ3) is 4.72. The van der Waals surface area contributed by atoms with E-state index >= 15 is 0 Å². The van der Waals surface area contributed by atoms with Crippen LogP contribution in [0.3, 0.4) is 0 Å². The molecule has 3 aromatic rings. The van der Waals surface area contributed by atoms with Gasteiger partial charge in [0.2, 0.25) is 0 Å². The number of benzene rings is 2. The van der Waals surface area contributed by atoms with Crippen LogP contribution in [0.5, 0.6) is 17.2 Å². The summed E-state index contributed by atoms with van der Waals surface area (Å²) in [6, 6.07) is 13.0. The van der Waals surface area contributed by atoms with Crippen LogP contribution in [0.25, 0.3) is 10.9 Å². The molecule has 2 N–H and O–H groups in total. The van der Waals surface area contributed by atoms with Crippen LogP contribution in [0.2, 0.25) is 0 Å². The van der Waals surface area contributed by atoms with Crippen molar-refractivity contribution in [3.05, 3.63) is 65.9 Å². The van der Waals surface area contributed by atoms with Gasteiger partial charge < -0.3 is 24.5 Å². The fourth-order valence-corrected chi connectivity index (χ4v) is 4.56. The van der Waals surface area contributed by atoms with Crippen LogP contribution in [-0.4, -0.2) is 38.9 Å². The smallest absolute Gasteiger partial charge is 0.162 e. The SMILES string of the molecule is COc1cccc(C2C=CCNC2CCCCc2c[nH]c3cc(OC)c(OC)cc23)c1. The number of aromatic nitrogens is 1. The summed E-state index contributed by atoms with van der Waals surface area (Å²) >= 11 is 0. The molecule has 0 saturated heterocycles. The highest BCUT2D eigenvalue weighted by Crippen LogP contribution is 2.34. The van der Waals surface area contributed by atoms with Crippen molar-refractivity contribution in [3.8, 4) is 17.2 Å². The molecule has 0 spiro atoms. The molecule has 164 valence electrons. The van der Waals surface area contributed by atoms with E-state index in [-0.39, 0.29) is 0 Å². The molecule has 0 aliphatic carbocycles. The van der Waals surface area contributed by atoms with E-state index in [0.717, 1.165) is 48.6 Å². The Morgan fingerprint density at radius 3 is 2.61 bits per heavy atom. The summed E-state index contributed by atoms with van der Waals surface area (Å²) in [6.45, 7) is 0.940. The van der Waals surface area contributed by atoms with E-state index in [4.69, 9.17) is 14.2 Å². The normalized spacial score (nSPS) is 18.3. The predicted molar refractivity (Wildman–Crippen MR) is 126 cm³/mol. The second-order valence-corrected chi connectivity index (χ2v) is 8.06. The van der Waals surface area contributed by atoms with Gasteiger partial charge in [-0.15, -0.1) is 0 Å². The number of fused-ring (bicyclic) bond motifs is 1. The molecular formula is C26H32N2O3. The van der Waals surface area contributed by atoms with Crippen LogP contribution in [0.1, 0.15) is 36.3 Å². The van der Waals surface area contributed by atoms with Crippen molar-refractivity contribution in [2.24, 2.45) is 0 Å². The molecule has 1 aromatic heterocycles. The number of nitrogens with one attached hydrogen (secondary N) is 2. The number of hydrogen-bond donors (Lipinski definition) is 2. The molecule has 31 heavy (non-hydrogen) atoms. The van der Waals surface area contributed by atoms with Crippen molar-refractivity contribution < 1.29 is 14.2 Å². The molecule has 0 fully saturated rings. The minimum Gasteiger partial charge on any atom is -0.497 e. The first-order chi connectivity index (χ1) is 15.2. The lowest BCUT2D eigenvalue weighted by Crippen LogP contribution is -2.37. The van der Waals surface area contributed by atoms with Gasteiger partial charge in [-0.2, -0.15) is 0 Å². The topological polar surface area (TPSA) is 55.5 Å². The summed E-state index contributed by atoms with van der Waals surface area (Å²) in [7, 11) is 5.07. The van der Waals surface area contributed by atoms with Crippen molar-refractivity contribution in [1.82, 2.24) is 10.3 Å². The lowest BCUT2D eigenvalue weighted by molar-refractivity contribution is 0.356. The van der Waals surface area contributed by atoms with E-state index in [2.05, 4.69) is 52.9 Å². The molecule has 4 rings (SSSR count). The van der Waals surface area contributed by atoms with Gasteiger partial charge in [0.1, 0.15) is 5.75 Å². The third-order valence-corrected chi connectivity index (χ3v) is 6.24. The van der Waals surface area contributed by atoms with Crippen molar-refractivity contribution in [2.75, 3.05) is 27.9 Å². The van der Waals surface area contributed by atoms with Crippen molar-refractivity contribution in [1.29, 1.82) is 0 Å². The van der Waals surface area contributed by atoms with E-state index in [9.17, 15) is 0 Å².